The molecule has 2 aliphatic rings. The summed E-state index contributed by atoms with van der Waals surface area (Å²) >= 11 is 0. The summed E-state index contributed by atoms with van der Waals surface area (Å²) < 4.78 is 11.7. The third kappa shape index (κ3) is 3.63. The van der Waals surface area contributed by atoms with Gasteiger partial charge in [-0.05, 0) is 43.0 Å². The Labute approximate surface area is 115 Å². The second kappa shape index (κ2) is 6.29. The first-order chi connectivity index (χ1) is 9.40. The minimum Gasteiger partial charge on any atom is -0.493 e. The molecule has 1 saturated heterocycles. The maximum absolute atomic E-state index is 5.88. The molecular weight excluding hydrogens is 238 g/mol. The first-order valence-electron chi connectivity index (χ1n) is 7.50. The van der Waals surface area contributed by atoms with Crippen molar-refractivity contribution in [1.29, 1.82) is 0 Å². The van der Waals surface area contributed by atoms with Gasteiger partial charge in [-0.25, -0.2) is 0 Å². The number of ether oxygens (including phenoxy) is 2. The van der Waals surface area contributed by atoms with Gasteiger partial charge in [0.05, 0.1) is 6.61 Å². The minimum absolute atomic E-state index is 0.342. The molecule has 1 aromatic rings. The molecule has 0 spiro atoms. The van der Waals surface area contributed by atoms with E-state index in [1.54, 1.807) is 0 Å². The van der Waals surface area contributed by atoms with E-state index in [2.05, 4.69) is 5.32 Å². The number of benzene rings is 1. The van der Waals surface area contributed by atoms with E-state index in [9.17, 15) is 0 Å². The fraction of sp³-hybridized carbons (Fsp3) is 0.625. The Morgan fingerprint density at radius 3 is 2.26 bits per heavy atom. The molecule has 0 amide bonds. The van der Waals surface area contributed by atoms with Gasteiger partial charge >= 0.3 is 0 Å². The second-order valence-electron chi connectivity index (χ2n) is 5.68. The molecule has 0 aromatic heterocycles. The SMILES string of the molecule is c1cc(OC2CNC2)ccc1OCC1CCCCC1. The second-order valence-corrected chi connectivity index (χ2v) is 5.68. The zero-order chi connectivity index (χ0) is 12.9. The zero-order valence-corrected chi connectivity index (χ0v) is 11.4. The van der Waals surface area contributed by atoms with Crippen LogP contribution in [0.3, 0.4) is 0 Å². The van der Waals surface area contributed by atoms with Crippen LogP contribution in [0.5, 0.6) is 11.5 Å². The first kappa shape index (κ1) is 12.8. The lowest BCUT2D eigenvalue weighted by Gasteiger charge is -2.27. The molecule has 3 rings (SSSR count). The van der Waals surface area contributed by atoms with Crippen molar-refractivity contribution in [2.45, 2.75) is 38.2 Å². The number of hydrogen-bond donors (Lipinski definition) is 1. The molecule has 1 aliphatic heterocycles. The fourth-order valence-electron chi connectivity index (χ4n) is 2.72. The van der Waals surface area contributed by atoms with Crippen LogP contribution in [-0.2, 0) is 0 Å². The smallest absolute Gasteiger partial charge is 0.123 e. The van der Waals surface area contributed by atoms with Crippen LogP contribution in [-0.4, -0.2) is 25.8 Å². The summed E-state index contributed by atoms with van der Waals surface area (Å²) in [7, 11) is 0. The van der Waals surface area contributed by atoms with E-state index in [0.29, 0.717) is 6.10 Å². The lowest BCUT2D eigenvalue weighted by atomic mass is 9.90. The van der Waals surface area contributed by atoms with Gasteiger partial charge in [0.25, 0.3) is 0 Å². The minimum atomic E-state index is 0.342. The molecule has 0 radical (unpaired) electrons. The van der Waals surface area contributed by atoms with Gasteiger partial charge < -0.3 is 14.8 Å². The van der Waals surface area contributed by atoms with Gasteiger partial charge in [-0.1, -0.05) is 19.3 Å². The maximum atomic E-state index is 5.88. The van der Waals surface area contributed by atoms with Gasteiger partial charge in [0.15, 0.2) is 0 Å². The number of hydrogen-bond acceptors (Lipinski definition) is 3. The van der Waals surface area contributed by atoms with Crippen molar-refractivity contribution in [3.63, 3.8) is 0 Å². The lowest BCUT2D eigenvalue weighted by Crippen LogP contribution is -2.50. The van der Waals surface area contributed by atoms with Crippen LogP contribution >= 0.6 is 0 Å². The summed E-state index contributed by atoms with van der Waals surface area (Å²) in [6, 6.07) is 8.05. The monoisotopic (exact) mass is 261 g/mol. The molecule has 0 unspecified atom stereocenters. The summed E-state index contributed by atoms with van der Waals surface area (Å²) in [6.45, 7) is 2.78. The van der Waals surface area contributed by atoms with E-state index in [1.807, 2.05) is 24.3 Å². The van der Waals surface area contributed by atoms with Crippen LogP contribution in [0.1, 0.15) is 32.1 Å². The van der Waals surface area contributed by atoms with Crippen LogP contribution in [0.25, 0.3) is 0 Å². The normalized spacial score (nSPS) is 20.8. The maximum Gasteiger partial charge on any atom is 0.123 e. The van der Waals surface area contributed by atoms with Crippen molar-refractivity contribution < 1.29 is 9.47 Å². The summed E-state index contributed by atoms with van der Waals surface area (Å²) in [5, 5.41) is 3.20. The third-order valence-electron chi connectivity index (χ3n) is 4.08. The quantitative estimate of drug-likeness (QED) is 0.884. The Balaban J connectivity index is 1.45. The molecule has 104 valence electrons. The average Bonchev–Trinajstić information content (AvgIpc) is 2.43. The van der Waals surface area contributed by atoms with E-state index in [4.69, 9.17) is 9.47 Å². The molecule has 3 heteroatoms. The number of nitrogens with one attached hydrogen (secondary N) is 1. The van der Waals surface area contributed by atoms with Crippen molar-refractivity contribution in [2.75, 3.05) is 19.7 Å². The third-order valence-corrected chi connectivity index (χ3v) is 4.08. The average molecular weight is 261 g/mol. The Hall–Kier alpha value is -1.22. The van der Waals surface area contributed by atoms with E-state index in [0.717, 1.165) is 37.1 Å². The van der Waals surface area contributed by atoms with Crippen molar-refractivity contribution >= 4 is 0 Å². The Morgan fingerprint density at radius 2 is 1.63 bits per heavy atom. The van der Waals surface area contributed by atoms with Crippen molar-refractivity contribution in [3.05, 3.63) is 24.3 Å². The standard InChI is InChI=1S/C16H23NO2/c1-2-4-13(5-3-1)12-18-14-6-8-15(9-7-14)19-16-10-17-11-16/h6-9,13,16-17H,1-5,10-12H2. The highest BCUT2D eigenvalue weighted by Crippen LogP contribution is 2.25. The van der Waals surface area contributed by atoms with Gasteiger partial charge in [-0.2, -0.15) is 0 Å². The van der Waals surface area contributed by atoms with Crippen molar-refractivity contribution in [2.24, 2.45) is 5.92 Å². The zero-order valence-electron chi connectivity index (χ0n) is 11.4. The molecule has 3 nitrogen and oxygen atoms in total. The Morgan fingerprint density at radius 1 is 0.947 bits per heavy atom. The van der Waals surface area contributed by atoms with Gasteiger partial charge in [0.1, 0.15) is 17.6 Å². The lowest BCUT2D eigenvalue weighted by molar-refractivity contribution is 0.142. The largest absolute Gasteiger partial charge is 0.493 e. The van der Waals surface area contributed by atoms with E-state index < -0.39 is 0 Å². The number of rotatable bonds is 5. The van der Waals surface area contributed by atoms with Crippen LogP contribution in [0.2, 0.25) is 0 Å². The predicted octanol–water partition coefficient (Wildman–Crippen LogP) is 3.00. The molecule has 19 heavy (non-hydrogen) atoms. The molecule has 0 atom stereocenters. The first-order valence-corrected chi connectivity index (χ1v) is 7.50. The van der Waals surface area contributed by atoms with Crippen LogP contribution < -0.4 is 14.8 Å². The summed E-state index contributed by atoms with van der Waals surface area (Å²) in [6.07, 6.45) is 7.14. The molecule has 1 aromatic carbocycles. The van der Waals surface area contributed by atoms with Crippen molar-refractivity contribution in [3.8, 4) is 11.5 Å². The molecule has 1 saturated carbocycles. The molecule has 0 bridgehead atoms. The topological polar surface area (TPSA) is 30.5 Å². The summed E-state index contributed by atoms with van der Waals surface area (Å²) in [4.78, 5) is 0. The predicted molar refractivity (Wildman–Crippen MR) is 75.8 cm³/mol. The van der Waals surface area contributed by atoms with Gasteiger partial charge in [-0.15, -0.1) is 0 Å². The van der Waals surface area contributed by atoms with Gasteiger partial charge in [0.2, 0.25) is 0 Å². The molecule has 2 fully saturated rings. The van der Waals surface area contributed by atoms with E-state index >= 15 is 0 Å². The van der Waals surface area contributed by atoms with Gasteiger partial charge in [0, 0.05) is 13.1 Å². The fourth-order valence-corrected chi connectivity index (χ4v) is 2.72. The summed E-state index contributed by atoms with van der Waals surface area (Å²) in [5.74, 6) is 2.66. The molecule has 1 aliphatic carbocycles. The highest BCUT2D eigenvalue weighted by molar-refractivity contribution is 5.31. The Bertz CT molecular complexity index is 380. The van der Waals surface area contributed by atoms with Crippen molar-refractivity contribution in [1.82, 2.24) is 5.32 Å². The Kier molecular flexibility index (Phi) is 4.23. The molecule has 1 N–H and O–H groups in total. The van der Waals surface area contributed by atoms with Crippen LogP contribution in [0, 0.1) is 5.92 Å². The summed E-state index contributed by atoms with van der Waals surface area (Å²) in [5.41, 5.74) is 0. The highest BCUT2D eigenvalue weighted by Gasteiger charge is 2.18. The highest BCUT2D eigenvalue weighted by atomic mass is 16.5. The molecule has 1 heterocycles. The van der Waals surface area contributed by atoms with E-state index in [1.165, 1.54) is 32.1 Å². The van der Waals surface area contributed by atoms with Crippen LogP contribution in [0.15, 0.2) is 24.3 Å². The van der Waals surface area contributed by atoms with E-state index in [-0.39, 0.29) is 0 Å². The van der Waals surface area contributed by atoms with Crippen LogP contribution in [0.4, 0.5) is 0 Å². The van der Waals surface area contributed by atoms with Gasteiger partial charge in [-0.3, -0.25) is 0 Å². The molecular formula is C16H23NO2.